The molecule has 0 spiro atoms. The molecule has 1 aliphatic heterocycles. The Morgan fingerprint density at radius 3 is 2.22 bits per heavy atom. The minimum Gasteiger partial charge on any atom is -0.380 e. The van der Waals surface area contributed by atoms with E-state index in [1.165, 1.54) is 37.8 Å². The molecular formula is C41H58FN5O3. The number of unbranched alkanes of at least 4 members (excludes halogenated alkanes) is 5. The monoisotopic (exact) mass is 687 g/mol. The molecule has 3 aromatic rings. The largest absolute Gasteiger partial charge is 0.380 e. The minimum absolute atomic E-state index is 0.0269. The molecule has 0 unspecified atom stereocenters. The van der Waals surface area contributed by atoms with Crippen LogP contribution in [-0.2, 0) is 11.3 Å². The van der Waals surface area contributed by atoms with Crippen LogP contribution in [0.4, 0.5) is 20.6 Å². The van der Waals surface area contributed by atoms with E-state index < -0.39 is 0 Å². The number of benzene rings is 2. The van der Waals surface area contributed by atoms with Crippen molar-refractivity contribution in [1.29, 1.82) is 0 Å². The van der Waals surface area contributed by atoms with Gasteiger partial charge in [0.25, 0.3) is 5.91 Å². The summed E-state index contributed by atoms with van der Waals surface area (Å²) >= 11 is 0. The molecule has 2 heterocycles. The summed E-state index contributed by atoms with van der Waals surface area (Å²) in [5, 5.41) is 5.96. The fourth-order valence-corrected chi connectivity index (χ4v) is 6.88. The summed E-state index contributed by atoms with van der Waals surface area (Å²) < 4.78 is 20.2. The predicted octanol–water partition coefficient (Wildman–Crippen LogP) is 9.50. The maximum atomic E-state index is 15.2. The quantitative estimate of drug-likeness (QED) is 0.147. The van der Waals surface area contributed by atoms with Gasteiger partial charge in [-0.05, 0) is 81.1 Å². The number of methoxy groups -OCH3 is 1. The van der Waals surface area contributed by atoms with E-state index in [0.29, 0.717) is 17.8 Å². The van der Waals surface area contributed by atoms with Crippen LogP contribution >= 0.6 is 0 Å². The number of piperidine rings is 1. The zero-order valence-corrected chi connectivity index (χ0v) is 31.3. The molecule has 1 fully saturated rings. The van der Waals surface area contributed by atoms with E-state index in [1.54, 1.807) is 31.4 Å². The number of hydrogen-bond acceptors (Lipinski definition) is 5. The number of hydrogen-bond donors (Lipinski definition) is 2. The number of likely N-dealkylation sites (tertiary alicyclic amines) is 1. The van der Waals surface area contributed by atoms with E-state index in [9.17, 15) is 9.18 Å². The third-order valence-electron chi connectivity index (χ3n) is 9.58. The lowest BCUT2D eigenvalue weighted by molar-refractivity contribution is 0.0964. The minimum atomic E-state index is -0.330. The Morgan fingerprint density at radius 1 is 0.940 bits per heavy atom. The van der Waals surface area contributed by atoms with Gasteiger partial charge in [-0.2, -0.15) is 0 Å². The van der Waals surface area contributed by atoms with Gasteiger partial charge in [-0.3, -0.25) is 9.78 Å². The van der Waals surface area contributed by atoms with Gasteiger partial charge in [-0.25, -0.2) is 9.18 Å². The standard InChI is InChI=1S/C41H58FN5O3/c1-8-9-10-11-12-15-24-43-41(49)44-35-17-14-13-16-33(35)40(48)47(32-22-25-46(6)26-23-32)39-36(30-18-20-31(42)21-19-30)34(27-50-7)37(28(2)3)45-38(39)29(4)5/h13-14,16-21,28-29,32H,8-12,15,22-27H2,1-7H3,(H2,43,44,49). The van der Waals surface area contributed by atoms with Crippen molar-refractivity contribution in [2.24, 2.45) is 0 Å². The summed E-state index contributed by atoms with van der Waals surface area (Å²) in [7, 11) is 3.76. The zero-order chi connectivity index (χ0) is 36.2. The molecule has 0 saturated carbocycles. The molecule has 0 atom stereocenters. The van der Waals surface area contributed by atoms with Crippen molar-refractivity contribution in [3.63, 3.8) is 0 Å². The van der Waals surface area contributed by atoms with E-state index >= 15 is 4.79 Å². The van der Waals surface area contributed by atoms with Crippen molar-refractivity contribution in [2.75, 3.05) is 44.0 Å². The Hall–Kier alpha value is -3.82. The van der Waals surface area contributed by atoms with E-state index in [-0.39, 0.29) is 42.2 Å². The van der Waals surface area contributed by atoms with E-state index in [2.05, 4.69) is 57.2 Å². The fourth-order valence-electron chi connectivity index (χ4n) is 6.88. The van der Waals surface area contributed by atoms with Gasteiger partial charge in [0.1, 0.15) is 5.82 Å². The highest BCUT2D eigenvalue weighted by molar-refractivity contribution is 6.13. The number of rotatable bonds is 16. The first-order valence-corrected chi connectivity index (χ1v) is 18.5. The van der Waals surface area contributed by atoms with Crippen LogP contribution in [0.2, 0.25) is 0 Å². The van der Waals surface area contributed by atoms with Crippen LogP contribution < -0.4 is 15.5 Å². The Balaban J connectivity index is 1.84. The Kier molecular flexibility index (Phi) is 14.8. The number of pyridine rings is 1. The van der Waals surface area contributed by atoms with Gasteiger partial charge in [0.15, 0.2) is 0 Å². The second-order valence-electron chi connectivity index (χ2n) is 14.2. The predicted molar refractivity (Wildman–Crippen MR) is 203 cm³/mol. The highest BCUT2D eigenvalue weighted by atomic mass is 19.1. The molecule has 2 N–H and O–H groups in total. The summed E-state index contributed by atoms with van der Waals surface area (Å²) in [5.74, 6) is -0.484. The fraction of sp³-hybridized carbons (Fsp3) is 0.537. The van der Waals surface area contributed by atoms with Crippen LogP contribution in [0.15, 0.2) is 48.5 Å². The summed E-state index contributed by atoms with van der Waals surface area (Å²) in [5.41, 5.74) is 5.82. The molecule has 1 aliphatic rings. The molecule has 0 bridgehead atoms. The molecule has 272 valence electrons. The molecule has 1 aromatic heterocycles. The van der Waals surface area contributed by atoms with Crippen molar-refractivity contribution in [2.45, 2.75) is 110 Å². The normalized spacial score (nSPS) is 14.0. The average molecular weight is 688 g/mol. The van der Waals surface area contributed by atoms with Crippen molar-refractivity contribution in [3.8, 4) is 11.1 Å². The van der Waals surface area contributed by atoms with E-state index in [1.807, 2.05) is 17.0 Å². The lowest BCUT2D eigenvalue weighted by Crippen LogP contribution is -2.48. The second-order valence-corrected chi connectivity index (χ2v) is 14.2. The Morgan fingerprint density at radius 2 is 1.58 bits per heavy atom. The number of ether oxygens (including phenoxy) is 1. The topological polar surface area (TPSA) is 86.8 Å². The molecule has 4 rings (SSSR count). The lowest BCUT2D eigenvalue weighted by Gasteiger charge is -2.40. The SMILES string of the molecule is CCCCCCCCNC(=O)Nc1ccccc1C(=O)N(c1c(C(C)C)nc(C(C)C)c(COC)c1-c1ccc(F)cc1)C1CCN(C)CC1. The molecule has 50 heavy (non-hydrogen) atoms. The Bertz CT molecular complexity index is 1550. The van der Waals surface area contributed by atoms with E-state index in [0.717, 1.165) is 72.5 Å². The number of para-hydroxylation sites is 1. The Labute approximate surface area is 299 Å². The van der Waals surface area contributed by atoms with Crippen LogP contribution in [0.1, 0.15) is 125 Å². The van der Waals surface area contributed by atoms with Crippen LogP contribution in [0.25, 0.3) is 11.1 Å². The summed E-state index contributed by atoms with van der Waals surface area (Å²) in [6.45, 7) is 13.1. The molecule has 9 heteroatoms. The number of aromatic nitrogens is 1. The maximum absolute atomic E-state index is 15.2. The van der Waals surface area contributed by atoms with Crippen molar-refractivity contribution in [3.05, 3.63) is 76.9 Å². The number of carbonyl (C=O) groups excluding carboxylic acids is 2. The van der Waals surface area contributed by atoms with Crippen molar-refractivity contribution < 1.29 is 18.7 Å². The van der Waals surface area contributed by atoms with Gasteiger partial charge >= 0.3 is 6.03 Å². The number of carbonyl (C=O) groups is 2. The van der Waals surface area contributed by atoms with Gasteiger partial charge in [-0.15, -0.1) is 0 Å². The highest BCUT2D eigenvalue weighted by Crippen LogP contribution is 2.45. The van der Waals surface area contributed by atoms with E-state index in [4.69, 9.17) is 9.72 Å². The van der Waals surface area contributed by atoms with Gasteiger partial charge in [0.2, 0.25) is 0 Å². The third kappa shape index (κ3) is 9.91. The number of urea groups is 1. The third-order valence-corrected chi connectivity index (χ3v) is 9.58. The maximum Gasteiger partial charge on any atom is 0.319 e. The first kappa shape index (κ1) is 39.0. The number of halogens is 1. The molecule has 3 amide bonds. The average Bonchev–Trinajstić information content (AvgIpc) is 3.09. The summed E-state index contributed by atoms with van der Waals surface area (Å²) in [4.78, 5) is 37.9. The lowest BCUT2D eigenvalue weighted by atomic mass is 9.88. The van der Waals surface area contributed by atoms with Crippen molar-refractivity contribution in [1.82, 2.24) is 15.2 Å². The van der Waals surface area contributed by atoms with Crippen LogP contribution in [0.3, 0.4) is 0 Å². The van der Waals surface area contributed by atoms with Crippen LogP contribution in [0, 0.1) is 5.82 Å². The van der Waals surface area contributed by atoms with Crippen LogP contribution in [-0.4, -0.2) is 61.7 Å². The number of nitrogens with zero attached hydrogens (tertiary/aromatic N) is 3. The molecule has 2 aromatic carbocycles. The molecule has 0 aliphatic carbocycles. The molecule has 0 radical (unpaired) electrons. The highest BCUT2D eigenvalue weighted by Gasteiger charge is 2.36. The van der Waals surface area contributed by atoms with Crippen LogP contribution in [0.5, 0.6) is 0 Å². The van der Waals surface area contributed by atoms with Crippen molar-refractivity contribution >= 4 is 23.3 Å². The molecule has 1 saturated heterocycles. The number of nitrogens with one attached hydrogen (secondary N) is 2. The first-order chi connectivity index (χ1) is 24.1. The molecule has 8 nitrogen and oxygen atoms in total. The van der Waals surface area contributed by atoms with Gasteiger partial charge in [0.05, 0.1) is 29.2 Å². The van der Waals surface area contributed by atoms with Gasteiger partial charge in [0, 0.05) is 36.5 Å². The zero-order valence-electron chi connectivity index (χ0n) is 31.3. The summed E-state index contributed by atoms with van der Waals surface area (Å²) in [6, 6.07) is 13.3. The first-order valence-electron chi connectivity index (χ1n) is 18.5. The number of amides is 3. The van der Waals surface area contributed by atoms with Gasteiger partial charge in [-0.1, -0.05) is 91.0 Å². The second kappa shape index (κ2) is 19.0. The molecular weight excluding hydrogens is 629 g/mol. The summed E-state index contributed by atoms with van der Waals surface area (Å²) in [6.07, 6.45) is 8.34. The smallest absolute Gasteiger partial charge is 0.319 e. The number of anilines is 2. The van der Waals surface area contributed by atoms with Gasteiger partial charge < -0.3 is 25.2 Å².